The summed E-state index contributed by atoms with van der Waals surface area (Å²) in [6, 6.07) is 8.18. The third kappa shape index (κ3) is 1.76. The Morgan fingerprint density at radius 2 is 2.00 bits per heavy atom. The van der Waals surface area contributed by atoms with Crippen molar-refractivity contribution in [2.24, 2.45) is 0 Å². The maximum Gasteiger partial charge on any atom is 0.345 e. The van der Waals surface area contributed by atoms with Gasteiger partial charge >= 0.3 is 5.97 Å². The Morgan fingerprint density at radius 1 is 1.43 bits per heavy atom. The van der Waals surface area contributed by atoms with E-state index in [2.05, 4.69) is 4.74 Å². The van der Waals surface area contributed by atoms with Gasteiger partial charge in [-0.05, 0) is 5.56 Å². The summed E-state index contributed by atoms with van der Waals surface area (Å²) in [5.74, 6) is -0.869. The van der Waals surface area contributed by atoms with E-state index in [4.69, 9.17) is 5.11 Å². The van der Waals surface area contributed by atoms with E-state index in [0.29, 0.717) is 5.56 Å². The normalized spacial score (nSPS) is 14.5. The molecular formula is C10H12O4. The van der Waals surface area contributed by atoms with Gasteiger partial charge in [0, 0.05) is 0 Å². The minimum absolute atomic E-state index is 0.314. The quantitative estimate of drug-likeness (QED) is 0.670. The van der Waals surface area contributed by atoms with Crippen LogP contribution in [0.5, 0.6) is 0 Å². The highest BCUT2D eigenvalue weighted by Gasteiger charge is 2.38. The van der Waals surface area contributed by atoms with E-state index < -0.39 is 18.2 Å². The predicted octanol–water partition coefficient (Wildman–Crippen LogP) is 0.0395. The molecule has 0 bridgehead atoms. The Balaban J connectivity index is 3.08. The number of esters is 1. The lowest BCUT2D eigenvalue weighted by molar-refractivity contribution is -0.168. The van der Waals surface area contributed by atoms with Crippen LogP contribution >= 0.6 is 0 Å². The fourth-order valence-electron chi connectivity index (χ4n) is 1.16. The third-order valence-corrected chi connectivity index (χ3v) is 2.00. The molecule has 0 fully saturated rings. The van der Waals surface area contributed by atoms with Gasteiger partial charge in [0.05, 0.1) is 13.7 Å². The summed E-state index contributed by atoms with van der Waals surface area (Å²) in [6.07, 6.45) is 0. The Bertz CT molecular complexity index is 309. The molecule has 2 N–H and O–H groups in total. The molecule has 76 valence electrons. The first-order chi connectivity index (χ1) is 6.65. The first kappa shape index (κ1) is 10.7. The highest BCUT2D eigenvalue weighted by Crippen LogP contribution is 2.21. The third-order valence-electron chi connectivity index (χ3n) is 2.00. The lowest BCUT2D eigenvalue weighted by atomic mass is 9.95. The highest BCUT2D eigenvalue weighted by atomic mass is 16.5. The summed E-state index contributed by atoms with van der Waals surface area (Å²) in [4.78, 5) is 11.2. The second-order valence-electron chi connectivity index (χ2n) is 2.88. The maximum atomic E-state index is 11.2. The average Bonchev–Trinajstić information content (AvgIpc) is 2.28. The van der Waals surface area contributed by atoms with E-state index >= 15 is 0 Å². The molecule has 0 radical (unpaired) electrons. The zero-order valence-electron chi connectivity index (χ0n) is 7.80. The minimum atomic E-state index is -1.96. The van der Waals surface area contributed by atoms with Gasteiger partial charge in [0.25, 0.3) is 0 Å². The summed E-state index contributed by atoms with van der Waals surface area (Å²) < 4.78 is 4.41. The molecule has 1 atom stereocenters. The van der Waals surface area contributed by atoms with Gasteiger partial charge in [-0.15, -0.1) is 0 Å². The van der Waals surface area contributed by atoms with Crippen LogP contribution in [0.4, 0.5) is 0 Å². The lowest BCUT2D eigenvalue weighted by Crippen LogP contribution is -2.40. The Hall–Kier alpha value is -1.39. The summed E-state index contributed by atoms with van der Waals surface area (Å²) in [5.41, 5.74) is -1.65. The van der Waals surface area contributed by atoms with Crippen LogP contribution in [0.25, 0.3) is 0 Å². The van der Waals surface area contributed by atoms with Crippen LogP contribution in [-0.2, 0) is 15.1 Å². The van der Waals surface area contributed by atoms with Gasteiger partial charge in [-0.1, -0.05) is 30.3 Å². The summed E-state index contributed by atoms with van der Waals surface area (Å²) >= 11 is 0. The van der Waals surface area contributed by atoms with Crippen molar-refractivity contribution in [2.75, 3.05) is 13.7 Å². The molecular weight excluding hydrogens is 184 g/mol. The van der Waals surface area contributed by atoms with Gasteiger partial charge in [0.1, 0.15) is 0 Å². The van der Waals surface area contributed by atoms with Crippen LogP contribution < -0.4 is 0 Å². The molecule has 1 aromatic carbocycles. The van der Waals surface area contributed by atoms with E-state index in [1.807, 2.05) is 0 Å². The summed E-state index contributed by atoms with van der Waals surface area (Å²) in [5, 5.41) is 18.8. The fraction of sp³-hybridized carbons (Fsp3) is 0.300. The van der Waals surface area contributed by atoms with Crippen LogP contribution in [0, 0.1) is 0 Å². The molecule has 4 nitrogen and oxygen atoms in total. The molecule has 0 saturated heterocycles. The first-order valence-electron chi connectivity index (χ1n) is 4.12. The van der Waals surface area contributed by atoms with Gasteiger partial charge in [0.15, 0.2) is 0 Å². The number of aliphatic hydroxyl groups excluding tert-OH is 1. The number of hydrogen-bond donors (Lipinski definition) is 2. The predicted molar refractivity (Wildman–Crippen MR) is 49.4 cm³/mol. The average molecular weight is 196 g/mol. The van der Waals surface area contributed by atoms with Crippen molar-refractivity contribution in [3.63, 3.8) is 0 Å². The molecule has 0 spiro atoms. The zero-order chi connectivity index (χ0) is 10.6. The Labute approximate surface area is 81.8 Å². The largest absolute Gasteiger partial charge is 0.467 e. The zero-order valence-corrected chi connectivity index (χ0v) is 7.80. The molecule has 0 heterocycles. The second-order valence-corrected chi connectivity index (χ2v) is 2.88. The number of aliphatic hydroxyl groups is 2. The van der Waals surface area contributed by atoms with Gasteiger partial charge < -0.3 is 14.9 Å². The first-order valence-corrected chi connectivity index (χ1v) is 4.12. The molecule has 0 aliphatic carbocycles. The van der Waals surface area contributed by atoms with Crippen LogP contribution in [0.3, 0.4) is 0 Å². The van der Waals surface area contributed by atoms with Crippen LogP contribution in [0.2, 0.25) is 0 Å². The SMILES string of the molecule is COC(=O)[C@](O)(CO)c1ccccc1. The van der Waals surface area contributed by atoms with Crippen molar-refractivity contribution in [3.8, 4) is 0 Å². The van der Waals surface area contributed by atoms with Crippen molar-refractivity contribution < 1.29 is 19.7 Å². The lowest BCUT2D eigenvalue weighted by Gasteiger charge is -2.22. The molecule has 0 amide bonds. The van der Waals surface area contributed by atoms with Crippen molar-refractivity contribution >= 4 is 5.97 Å². The molecule has 4 heteroatoms. The monoisotopic (exact) mass is 196 g/mol. The van der Waals surface area contributed by atoms with E-state index in [0.717, 1.165) is 7.11 Å². The van der Waals surface area contributed by atoms with Crippen LogP contribution in [0.15, 0.2) is 30.3 Å². The van der Waals surface area contributed by atoms with Crippen LogP contribution in [-0.4, -0.2) is 29.9 Å². The van der Waals surface area contributed by atoms with E-state index in [1.54, 1.807) is 30.3 Å². The summed E-state index contributed by atoms with van der Waals surface area (Å²) in [7, 11) is 1.16. The molecule has 1 aromatic rings. The van der Waals surface area contributed by atoms with Gasteiger partial charge in [-0.3, -0.25) is 0 Å². The topological polar surface area (TPSA) is 66.8 Å². The molecule has 14 heavy (non-hydrogen) atoms. The number of hydrogen-bond acceptors (Lipinski definition) is 4. The number of carbonyl (C=O) groups is 1. The molecule has 0 aliphatic heterocycles. The number of carbonyl (C=O) groups excluding carboxylic acids is 1. The molecule has 0 aromatic heterocycles. The Morgan fingerprint density at radius 3 is 2.43 bits per heavy atom. The molecule has 0 unspecified atom stereocenters. The number of benzene rings is 1. The Kier molecular flexibility index (Phi) is 3.22. The van der Waals surface area contributed by atoms with Gasteiger partial charge in [-0.2, -0.15) is 0 Å². The summed E-state index contributed by atoms with van der Waals surface area (Å²) in [6.45, 7) is -0.705. The molecule has 0 saturated carbocycles. The fourth-order valence-corrected chi connectivity index (χ4v) is 1.16. The smallest absolute Gasteiger partial charge is 0.345 e. The van der Waals surface area contributed by atoms with Crippen molar-refractivity contribution in [2.45, 2.75) is 5.60 Å². The van der Waals surface area contributed by atoms with E-state index in [-0.39, 0.29) is 0 Å². The number of methoxy groups -OCH3 is 1. The van der Waals surface area contributed by atoms with Crippen molar-refractivity contribution in [3.05, 3.63) is 35.9 Å². The standard InChI is InChI=1S/C10H12O4/c1-14-9(12)10(13,7-11)8-5-3-2-4-6-8/h2-6,11,13H,7H2,1H3/t10-/m0/s1. The molecule has 1 rings (SSSR count). The maximum absolute atomic E-state index is 11.2. The van der Waals surface area contributed by atoms with Crippen LogP contribution in [0.1, 0.15) is 5.56 Å². The van der Waals surface area contributed by atoms with Crippen molar-refractivity contribution in [1.82, 2.24) is 0 Å². The van der Waals surface area contributed by atoms with E-state index in [9.17, 15) is 9.90 Å². The number of rotatable bonds is 3. The minimum Gasteiger partial charge on any atom is -0.467 e. The van der Waals surface area contributed by atoms with Gasteiger partial charge in [0.2, 0.25) is 5.60 Å². The molecule has 0 aliphatic rings. The van der Waals surface area contributed by atoms with Crippen molar-refractivity contribution in [1.29, 1.82) is 0 Å². The highest BCUT2D eigenvalue weighted by molar-refractivity contribution is 5.81. The van der Waals surface area contributed by atoms with E-state index in [1.165, 1.54) is 0 Å². The second kappa shape index (κ2) is 4.21. The van der Waals surface area contributed by atoms with Gasteiger partial charge in [-0.25, -0.2) is 4.79 Å². The number of ether oxygens (including phenoxy) is 1.